The lowest BCUT2D eigenvalue weighted by atomic mass is 9.97. The van der Waals surface area contributed by atoms with Crippen molar-refractivity contribution >= 4 is 17.9 Å². The molecule has 1 heterocycles. The lowest BCUT2D eigenvalue weighted by Crippen LogP contribution is -2.56. The van der Waals surface area contributed by atoms with Gasteiger partial charge in [-0.2, -0.15) is 0 Å². The number of carbonyl (C=O) groups is 3. The molecule has 0 aromatic carbocycles. The fraction of sp³-hybridized carbons (Fsp3) is 0.750. The Morgan fingerprint density at radius 2 is 1.95 bits per heavy atom. The molecule has 3 amide bonds. The fourth-order valence-electron chi connectivity index (χ4n) is 1.98. The highest BCUT2D eigenvalue weighted by Crippen LogP contribution is 2.17. The van der Waals surface area contributed by atoms with Crippen molar-refractivity contribution in [3.05, 3.63) is 0 Å². The maximum absolute atomic E-state index is 12.0. The van der Waals surface area contributed by atoms with Crippen molar-refractivity contribution in [2.75, 3.05) is 20.1 Å². The molecule has 1 unspecified atom stereocenters. The van der Waals surface area contributed by atoms with Gasteiger partial charge < -0.3 is 20.6 Å². The number of urea groups is 1. The average Bonchev–Trinajstić information content (AvgIpc) is 2.37. The number of carboxylic acids is 1. The molecular weight excluding hydrogens is 250 g/mol. The molecule has 0 bridgehead atoms. The summed E-state index contributed by atoms with van der Waals surface area (Å²) in [5.41, 5.74) is -1.32. The van der Waals surface area contributed by atoms with Crippen molar-refractivity contribution in [2.45, 2.75) is 32.2 Å². The SMILES string of the molecule is CNC(=O)C1CCCN(C(=O)NC(C)(C)C(=O)O)C1. The van der Waals surface area contributed by atoms with Gasteiger partial charge in [-0.1, -0.05) is 0 Å². The Balaban J connectivity index is 2.62. The topological polar surface area (TPSA) is 98.7 Å². The highest BCUT2D eigenvalue weighted by Gasteiger charge is 2.33. The van der Waals surface area contributed by atoms with Gasteiger partial charge in [0.2, 0.25) is 5.91 Å². The summed E-state index contributed by atoms with van der Waals surface area (Å²) < 4.78 is 0. The Kier molecular flexibility index (Phi) is 4.74. The highest BCUT2D eigenvalue weighted by atomic mass is 16.4. The number of likely N-dealkylation sites (tertiary alicyclic amines) is 1. The summed E-state index contributed by atoms with van der Waals surface area (Å²) in [5.74, 6) is -1.41. The van der Waals surface area contributed by atoms with Crippen LogP contribution in [-0.4, -0.2) is 53.6 Å². The third-order valence-corrected chi connectivity index (χ3v) is 3.28. The van der Waals surface area contributed by atoms with Gasteiger partial charge in [-0.25, -0.2) is 9.59 Å². The van der Waals surface area contributed by atoms with E-state index in [9.17, 15) is 14.4 Å². The van der Waals surface area contributed by atoms with Crippen LogP contribution in [0.25, 0.3) is 0 Å². The molecule has 0 saturated carbocycles. The Morgan fingerprint density at radius 1 is 1.32 bits per heavy atom. The maximum Gasteiger partial charge on any atom is 0.328 e. The number of aliphatic carboxylic acids is 1. The second kappa shape index (κ2) is 5.90. The van der Waals surface area contributed by atoms with Crippen LogP contribution >= 0.6 is 0 Å². The second-order valence-corrected chi connectivity index (χ2v) is 5.26. The molecule has 108 valence electrons. The molecule has 19 heavy (non-hydrogen) atoms. The molecule has 1 aliphatic rings. The molecule has 1 saturated heterocycles. The number of amides is 3. The molecule has 0 spiro atoms. The fourth-order valence-corrected chi connectivity index (χ4v) is 1.98. The summed E-state index contributed by atoms with van der Waals surface area (Å²) in [6.07, 6.45) is 1.48. The van der Waals surface area contributed by atoms with Gasteiger partial charge in [-0.3, -0.25) is 4.79 Å². The molecule has 1 aliphatic heterocycles. The minimum atomic E-state index is -1.32. The molecule has 0 aliphatic carbocycles. The normalized spacial score (nSPS) is 19.7. The second-order valence-electron chi connectivity index (χ2n) is 5.26. The van der Waals surface area contributed by atoms with Crippen molar-refractivity contribution in [3.63, 3.8) is 0 Å². The summed E-state index contributed by atoms with van der Waals surface area (Å²) >= 11 is 0. The van der Waals surface area contributed by atoms with Gasteiger partial charge in [0.05, 0.1) is 5.92 Å². The predicted molar refractivity (Wildman–Crippen MR) is 68.6 cm³/mol. The number of hydrogen-bond donors (Lipinski definition) is 3. The van der Waals surface area contributed by atoms with Crippen LogP contribution in [-0.2, 0) is 9.59 Å². The third kappa shape index (κ3) is 3.84. The first-order valence-electron chi connectivity index (χ1n) is 6.30. The number of hydrogen-bond acceptors (Lipinski definition) is 3. The number of nitrogens with one attached hydrogen (secondary N) is 2. The van der Waals surface area contributed by atoms with Gasteiger partial charge in [0, 0.05) is 20.1 Å². The van der Waals surface area contributed by atoms with Crippen molar-refractivity contribution in [2.24, 2.45) is 5.92 Å². The lowest BCUT2D eigenvalue weighted by Gasteiger charge is -2.34. The summed E-state index contributed by atoms with van der Waals surface area (Å²) in [7, 11) is 1.56. The number of carboxylic acid groups (broad SMARTS) is 1. The van der Waals surface area contributed by atoms with E-state index in [0.29, 0.717) is 13.1 Å². The number of nitrogens with zero attached hydrogens (tertiary/aromatic N) is 1. The Bertz CT molecular complexity index is 381. The molecule has 7 heteroatoms. The minimum absolute atomic E-state index is 0.0880. The average molecular weight is 271 g/mol. The van der Waals surface area contributed by atoms with Crippen LogP contribution < -0.4 is 10.6 Å². The van der Waals surface area contributed by atoms with E-state index in [-0.39, 0.29) is 11.8 Å². The Hall–Kier alpha value is -1.79. The molecule has 3 N–H and O–H groups in total. The van der Waals surface area contributed by atoms with E-state index < -0.39 is 17.5 Å². The van der Waals surface area contributed by atoms with Gasteiger partial charge in [0.25, 0.3) is 0 Å². The molecule has 1 rings (SSSR count). The zero-order chi connectivity index (χ0) is 14.6. The van der Waals surface area contributed by atoms with Crippen LogP contribution in [0.15, 0.2) is 0 Å². The minimum Gasteiger partial charge on any atom is -0.480 e. The van der Waals surface area contributed by atoms with Crippen molar-refractivity contribution in [3.8, 4) is 0 Å². The molecule has 1 fully saturated rings. The summed E-state index contributed by atoms with van der Waals surface area (Å²) in [4.78, 5) is 36.0. The Morgan fingerprint density at radius 3 is 2.47 bits per heavy atom. The molecule has 7 nitrogen and oxygen atoms in total. The third-order valence-electron chi connectivity index (χ3n) is 3.28. The van der Waals surface area contributed by atoms with Gasteiger partial charge >= 0.3 is 12.0 Å². The van der Waals surface area contributed by atoms with E-state index in [2.05, 4.69) is 10.6 Å². The summed E-state index contributed by atoms with van der Waals surface area (Å²) in [5, 5.41) is 14.0. The summed E-state index contributed by atoms with van der Waals surface area (Å²) in [6, 6.07) is -0.444. The number of piperidine rings is 1. The van der Waals surface area contributed by atoms with Crippen LogP contribution in [0.4, 0.5) is 4.79 Å². The van der Waals surface area contributed by atoms with Crippen LogP contribution in [0.3, 0.4) is 0 Å². The molecule has 0 aromatic heterocycles. The van der Waals surface area contributed by atoms with Gasteiger partial charge in [0.15, 0.2) is 0 Å². The quantitative estimate of drug-likeness (QED) is 0.673. The summed E-state index contributed by atoms with van der Waals surface area (Å²) in [6.45, 7) is 3.71. The molecule has 0 radical (unpaired) electrons. The van der Waals surface area contributed by atoms with E-state index in [4.69, 9.17) is 5.11 Å². The predicted octanol–water partition coefficient (Wildman–Crippen LogP) is 0.0172. The monoisotopic (exact) mass is 271 g/mol. The maximum atomic E-state index is 12.0. The van der Waals surface area contributed by atoms with E-state index in [1.54, 1.807) is 7.05 Å². The van der Waals surface area contributed by atoms with Crippen LogP contribution in [0.5, 0.6) is 0 Å². The molecular formula is C12H21N3O4. The van der Waals surface area contributed by atoms with E-state index in [1.165, 1.54) is 18.7 Å². The first kappa shape index (κ1) is 15.3. The molecule has 1 atom stereocenters. The van der Waals surface area contributed by atoms with Crippen LogP contribution in [0, 0.1) is 5.92 Å². The van der Waals surface area contributed by atoms with Gasteiger partial charge in [0.1, 0.15) is 5.54 Å². The first-order valence-corrected chi connectivity index (χ1v) is 6.30. The zero-order valence-corrected chi connectivity index (χ0v) is 11.5. The number of rotatable bonds is 3. The van der Waals surface area contributed by atoms with Crippen LogP contribution in [0.1, 0.15) is 26.7 Å². The highest BCUT2D eigenvalue weighted by molar-refractivity contribution is 5.86. The first-order chi connectivity index (χ1) is 8.77. The van der Waals surface area contributed by atoms with Crippen molar-refractivity contribution in [1.82, 2.24) is 15.5 Å². The smallest absolute Gasteiger partial charge is 0.328 e. The molecule has 0 aromatic rings. The lowest BCUT2D eigenvalue weighted by molar-refractivity contribution is -0.143. The Labute approximate surface area is 112 Å². The van der Waals surface area contributed by atoms with Crippen molar-refractivity contribution < 1.29 is 19.5 Å². The van der Waals surface area contributed by atoms with Gasteiger partial charge in [-0.15, -0.1) is 0 Å². The van der Waals surface area contributed by atoms with E-state index in [1.807, 2.05) is 0 Å². The standard InChI is InChI=1S/C12H21N3O4/c1-12(2,10(17)18)14-11(19)15-6-4-5-8(7-15)9(16)13-3/h8H,4-7H2,1-3H3,(H,13,16)(H,14,19)(H,17,18). The van der Waals surface area contributed by atoms with Crippen molar-refractivity contribution in [1.29, 1.82) is 0 Å². The van der Waals surface area contributed by atoms with Gasteiger partial charge in [-0.05, 0) is 26.7 Å². The van der Waals surface area contributed by atoms with E-state index in [0.717, 1.165) is 12.8 Å². The zero-order valence-electron chi connectivity index (χ0n) is 11.5. The van der Waals surface area contributed by atoms with E-state index >= 15 is 0 Å². The van der Waals surface area contributed by atoms with Crippen LogP contribution in [0.2, 0.25) is 0 Å². The number of carbonyl (C=O) groups excluding carboxylic acids is 2. The largest absolute Gasteiger partial charge is 0.480 e.